The fourth-order valence-corrected chi connectivity index (χ4v) is 4.78. The Labute approximate surface area is 207 Å². The number of halogens is 1. The lowest BCUT2D eigenvalue weighted by atomic mass is 9.98. The van der Waals surface area contributed by atoms with E-state index >= 15 is 0 Å². The zero-order valence-corrected chi connectivity index (χ0v) is 19.9. The molecule has 0 radical (unpaired) electrons. The van der Waals surface area contributed by atoms with Crippen LogP contribution in [-0.2, 0) is 6.54 Å². The van der Waals surface area contributed by atoms with Gasteiger partial charge in [0.15, 0.2) is 0 Å². The van der Waals surface area contributed by atoms with Gasteiger partial charge in [0.25, 0.3) is 0 Å². The lowest BCUT2D eigenvalue weighted by Gasteiger charge is -2.15. The summed E-state index contributed by atoms with van der Waals surface area (Å²) in [5.41, 5.74) is 1.97. The highest BCUT2D eigenvalue weighted by molar-refractivity contribution is 6.29. The summed E-state index contributed by atoms with van der Waals surface area (Å²) in [5, 5.41) is 15.4. The van der Waals surface area contributed by atoms with Crippen molar-refractivity contribution in [3.63, 3.8) is 0 Å². The molecule has 1 saturated heterocycles. The Morgan fingerprint density at radius 3 is 2.97 bits per heavy atom. The van der Waals surface area contributed by atoms with Gasteiger partial charge in [0.1, 0.15) is 17.1 Å². The Bertz CT molecular complexity index is 1460. The van der Waals surface area contributed by atoms with Gasteiger partial charge < -0.3 is 15.4 Å². The largest absolute Gasteiger partial charge is 0.473 e. The van der Waals surface area contributed by atoms with Crippen LogP contribution >= 0.6 is 11.6 Å². The van der Waals surface area contributed by atoms with Gasteiger partial charge in [-0.1, -0.05) is 29.8 Å². The van der Waals surface area contributed by atoms with Crippen LogP contribution in [-0.4, -0.2) is 50.5 Å². The molecule has 0 saturated carbocycles. The number of anilines is 1. The Hall–Kier alpha value is -3.49. The van der Waals surface area contributed by atoms with Crippen molar-refractivity contribution < 1.29 is 4.74 Å². The van der Waals surface area contributed by atoms with Gasteiger partial charge in [-0.05, 0) is 53.4 Å². The highest BCUT2D eigenvalue weighted by Gasteiger charge is 2.16. The molecular weight excluding hydrogens is 462 g/mol. The van der Waals surface area contributed by atoms with Crippen LogP contribution in [0.3, 0.4) is 0 Å². The number of ether oxygens (including phenoxy) is 1. The molecule has 0 amide bonds. The van der Waals surface area contributed by atoms with Gasteiger partial charge in [0.2, 0.25) is 5.88 Å². The Morgan fingerprint density at radius 2 is 2.11 bits per heavy atom. The predicted molar refractivity (Wildman–Crippen MR) is 137 cm³/mol. The van der Waals surface area contributed by atoms with E-state index in [-0.39, 0.29) is 6.10 Å². The standard InChI is InChI=1S/C26H26ClN7O/c27-24-10-20-9-17(1-3-19(20)13-30-24)11-32-26-22-16-34(33-23(22)6-8-29-26)15-18-2-4-25(31-12-18)35-21-5-7-28-14-21/h2-4,6,8-10,12-13,16-17,21,28H,1,5,7,11,14-15H2,(H,29,32). The van der Waals surface area contributed by atoms with Crippen LogP contribution < -0.4 is 25.8 Å². The van der Waals surface area contributed by atoms with Crippen molar-refractivity contribution in [2.45, 2.75) is 25.5 Å². The van der Waals surface area contributed by atoms with Crippen LogP contribution in [0.4, 0.5) is 5.82 Å². The zero-order valence-electron chi connectivity index (χ0n) is 19.2. The Morgan fingerprint density at radius 1 is 1.14 bits per heavy atom. The molecule has 1 fully saturated rings. The molecule has 2 N–H and O–H groups in total. The molecule has 0 spiro atoms. The summed E-state index contributed by atoms with van der Waals surface area (Å²) in [6.45, 7) is 3.28. The topological polar surface area (TPSA) is 89.8 Å². The number of nitrogens with zero attached hydrogens (tertiary/aromatic N) is 5. The molecule has 2 aliphatic rings. The van der Waals surface area contributed by atoms with Gasteiger partial charge >= 0.3 is 0 Å². The molecule has 4 aromatic rings. The second-order valence-electron chi connectivity index (χ2n) is 9.04. The minimum Gasteiger partial charge on any atom is -0.473 e. The first-order valence-corrected chi connectivity index (χ1v) is 12.3. The summed E-state index contributed by atoms with van der Waals surface area (Å²) in [5.74, 6) is 1.86. The van der Waals surface area contributed by atoms with Crippen LogP contribution in [0.2, 0.25) is 5.15 Å². The smallest absolute Gasteiger partial charge is 0.213 e. The van der Waals surface area contributed by atoms with Gasteiger partial charge in [0.05, 0.1) is 17.4 Å². The maximum atomic E-state index is 6.07. The number of pyridine rings is 3. The Balaban J connectivity index is 1.14. The third-order valence-electron chi connectivity index (χ3n) is 6.45. The van der Waals surface area contributed by atoms with Gasteiger partial charge in [-0.3, -0.25) is 4.68 Å². The van der Waals surface area contributed by atoms with E-state index in [0.717, 1.165) is 65.2 Å². The van der Waals surface area contributed by atoms with Crippen LogP contribution in [0.5, 0.6) is 5.88 Å². The van der Waals surface area contributed by atoms with Gasteiger partial charge in [0, 0.05) is 43.9 Å². The quantitative estimate of drug-likeness (QED) is 0.387. The monoisotopic (exact) mass is 487 g/mol. The molecule has 2 atom stereocenters. The lowest BCUT2D eigenvalue weighted by molar-refractivity contribution is 0.214. The van der Waals surface area contributed by atoms with Crippen molar-refractivity contribution in [2.75, 3.05) is 25.0 Å². The first-order valence-electron chi connectivity index (χ1n) is 11.9. The molecule has 6 rings (SSSR count). The van der Waals surface area contributed by atoms with E-state index in [1.807, 2.05) is 47.5 Å². The van der Waals surface area contributed by atoms with Crippen LogP contribution in [0.15, 0.2) is 49.1 Å². The number of hydrogen-bond donors (Lipinski definition) is 2. The summed E-state index contributed by atoms with van der Waals surface area (Å²) in [4.78, 5) is 13.2. The summed E-state index contributed by atoms with van der Waals surface area (Å²) < 4.78 is 7.85. The molecule has 0 bridgehead atoms. The first-order chi connectivity index (χ1) is 17.2. The van der Waals surface area contributed by atoms with Gasteiger partial charge in [-0.15, -0.1) is 0 Å². The number of nitrogens with one attached hydrogen (secondary N) is 2. The highest BCUT2D eigenvalue weighted by Crippen LogP contribution is 2.22. The molecule has 5 heterocycles. The van der Waals surface area contributed by atoms with Gasteiger partial charge in [-0.2, -0.15) is 5.10 Å². The fraction of sp³-hybridized carbons (Fsp3) is 0.308. The van der Waals surface area contributed by atoms with E-state index in [2.05, 4.69) is 37.7 Å². The van der Waals surface area contributed by atoms with Crippen molar-refractivity contribution in [1.29, 1.82) is 0 Å². The molecule has 8 nitrogen and oxygen atoms in total. The van der Waals surface area contributed by atoms with E-state index in [0.29, 0.717) is 23.5 Å². The minimum atomic E-state index is 0.205. The molecule has 178 valence electrons. The maximum absolute atomic E-state index is 6.07. The first kappa shape index (κ1) is 22.0. The summed E-state index contributed by atoms with van der Waals surface area (Å²) >= 11 is 6.07. The second-order valence-corrected chi connectivity index (χ2v) is 9.43. The summed E-state index contributed by atoms with van der Waals surface area (Å²) in [6, 6.07) is 7.84. The van der Waals surface area contributed by atoms with E-state index < -0.39 is 0 Å². The fourth-order valence-electron chi connectivity index (χ4n) is 4.62. The predicted octanol–water partition coefficient (Wildman–Crippen LogP) is 2.36. The van der Waals surface area contributed by atoms with Crippen LogP contribution in [0, 0.1) is 5.92 Å². The average Bonchev–Trinajstić information content (AvgIpc) is 3.53. The number of hydrogen-bond acceptors (Lipinski definition) is 7. The van der Waals surface area contributed by atoms with Crippen molar-refractivity contribution in [1.82, 2.24) is 30.0 Å². The second kappa shape index (κ2) is 9.64. The zero-order chi connectivity index (χ0) is 23.6. The van der Waals surface area contributed by atoms with Crippen LogP contribution in [0.1, 0.15) is 18.4 Å². The minimum absolute atomic E-state index is 0.205. The molecular formula is C26H26ClN7O. The molecule has 2 unspecified atom stereocenters. The van der Waals surface area contributed by atoms with E-state index in [4.69, 9.17) is 21.4 Å². The molecule has 1 aliphatic carbocycles. The lowest BCUT2D eigenvalue weighted by Crippen LogP contribution is -2.31. The summed E-state index contributed by atoms with van der Waals surface area (Å²) in [7, 11) is 0. The van der Waals surface area contributed by atoms with Gasteiger partial charge in [-0.25, -0.2) is 15.0 Å². The van der Waals surface area contributed by atoms with E-state index in [1.165, 1.54) is 0 Å². The maximum Gasteiger partial charge on any atom is 0.213 e. The molecule has 35 heavy (non-hydrogen) atoms. The SMILES string of the molecule is Clc1cc2c(cn1)=CCC(CNc1nccc3nn(Cc4ccc(OC5CCNC5)nc4)cc13)C=2. The van der Waals surface area contributed by atoms with Crippen molar-refractivity contribution in [2.24, 2.45) is 5.92 Å². The number of fused-ring (bicyclic) bond motifs is 2. The molecule has 1 aliphatic heterocycles. The van der Waals surface area contributed by atoms with E-state index in [9.17, 15) is 0 Å². The molecule has 4 aromatic heterocycles. The highest BCUT2D eigenvalue weighted by atomic mass is 35.5. The average molecular weight is 488 g/mol. The van der Waals surface area contributed by atoms with Crippen molar-refractivity contribution in [3.8, 4) is 5.88 Å². The number of aromatic nitrogens is 5. The third-order valence-corrected chi connectivity index (χ3v) is 6.66. The Kier molecular flexibility index (Phi) is 6.06. The molecule has 0 aromatic carbocycles. The summed E-state index contributed by atoms with van der Waals surface area (Å²) in [6.07, 6.45) is 14.2. The van der Waals surface area contributed by atoms with E-state index in [1.54, 1.807) is 6.20 Å². The third kappa shape index (κ3) is 4.99. The van der Waals surface area contributed by atoms with Crippen molar-refractivity contribution in [3.05, 3.63) is 70.2 Å². The van der Waals surface area contributed by atoms with Crippen molar-refractivity contribution >= 4 is 40.5 Å². The molecule has 9 heteroatoms. The normalized spacial score (nSPS) is 19.1. The van der Waals surface area contributed by atoms with Crippen LogP contribution in [0.25, 0.3) is 23.1 Å². The number of rotatable bonds is 7.